The van der Waals surface area contributed by atoms with E-state index in [4.69, 9.17) is 9.15 Å². The Morgan fingerprint density at radius 1 is 1.06 bits per heavy atom. The van der Waals surface area contributed by atoms with Gasteiger partial charge in [0.15, 0.2) is 9.84 Å². The fraction of sp³-hybridized carbons (Fsp3) is 0.160. The molecule has 3 aromatic heterocycles. The van der Waals surface area contributed by atoms with E-state index in [0.29, 0.717) is 53.2 Å². The molecule has 0 atom stereocenters. The van der Waals surface area contributed by atoms with Crippen LogP contribution >= 0.6 is 0 Å². The highest BCUT2D eigenvalue weighted by Crippen LogP contribution is 2.32. The van der Waals surface area contributed by atoms with Gasteiger partial charge >= 0.3 is 5.84 Å². The second-order valence-electron chi connectivity index (χ2n) is 7.91. The molecule has 11 heteroatoms. The van der Waals surface area contributed by atoms with Crippen LogP contribution in [0.2, 0.25) is 0 Å². The van der Waals surface area contributed by atoms with Crippen molar-refractivity contribution in [1.82, 2.24) is 19.4 Å². The van der Waals surface area contributed by atoms with Gasteiger partial charge in [0.05, 0.1) is 23.5 Å². The number of benzene rings is 2. The number of imidazole rings is 1. The van der Waals surface area contributed by atoms with E-state index in [0.717, 1.165) is 0 Å². The molecule has 0 radical (unpaired) electrons. The summed E-state index contributed by atoms with van der Waals surface area (Å²) in [7, 11) is -1.90. The number of methoxy groups -OCH3 is 1. The predicted octanol–water partition coefficient (Wildman–Crippen LogP) is 4.47. The molecule has 36 heavy (non-hydrogen) atoms. The van der Waals surface area contributed by atoms with Crippen LogP contribution in [0.3, 0.4) is 0 Å². The molecule has 0 bridgehead atoms. The number of sulfone groups is 1. The summed E-state index contributed by atoms with van der Waals surface area (Å²) in [4.78, 5) is 13.6. The molecule has 3 heterocycles. The molecule has 5 rings (SSSR count). The van der Waals surface area contributed by atoms with Gasteiger partial charge in [-0.05, 0) is 61.0 Å². The number of ether oxygens (including phenoxy) is 1. The summed E-state index contributed by atoms with van der Waals surface area (Å²) in [6.45, 7) is 0.358. The standard InChI is InChI=1S/C25H22FN5O4S/c1-34-19-7-9-20(10-8-19)36(32,33)16-2-12-27-24-28-13-11-21(29-24)23-22(17-3-5-18(26)6-4-17)30-25-31(23)14-15-35-25/h3-11,13-15H,2,12,16H2,1H3,(H,27,28,29). The number of nitrogens with one attached hydrogen (secondary N) is 1. The Kier molecular flexibility index (Phi) is 6.38. The van der Waals surface area contributed by atoms with Crippen LogP contribution in [0.25, 0.3) is 28.5 Å². The second kappa shape index (κ2) is 9.78. The van der Waals surface area contributed by atoms with Gasteiger partial charge < -0.3 is 14.5 Å². The molecule has 5 aromatic rings. The van der Waals surface area contributed by atoms with E-state index in [9.17, 15) is 12.8 Å². The average Bonchev–Trinajstić information content (AvgIpc) is 3.49. The van der Waals surface area contributed by atoms with Crippen molar-refractivity contribution in [1.29, 1.82) is 0 Å². The van der Waals surface area contributed by atoms with Gasteiger partial charge in [-0.2, -0.15) is 4.98 Å². The summed E-state index contributed by atoms with van der Waals surface area (Å²) in [5.41, 5.74) is 2.54. The minimum absolute atomic E-state index is 0.0288. The summed E-state index contributed by atoms with van der Waals surface area (Å²) in [5, 5.41) is 3.09. The van der Waals surface area contributed by atoms with Gasteiger partial charge in [0.2, 0.25) is 5.95 Å². The third-order valence-corrected chi connectivity index (χ3v) is 7.39. The van der Waals surface area contributed by atoms with Crippen LogP contribution in [0.5, 0.6) is 5.75 Å². The van der Waals surface area contributed by atoms with Crippen LogP contribution < -0.4 is 10.1 Å². The van der Waals surface area contributed by atoms with Crippen molar-refractivity contribution in [3.8, 4) is 28.4 Å². The molecule has 184 valence electrons. The number of aromatic nitrogens is 4. The molecule has 0 fully saturated rings. The maximum atomic E-state index is 13.5. The third-order valence-electron chi connectivity index (χ3n) is 5.57. The summed E-state index contributed by atoms with van der Waals surface area (Å²) in [5.74, 6) is 0.949. The van der Waals surface area contributed by atoms with Gasteiger partial charge in [-0.3, -0.25) is 4.40 Å². The molecule has 0 unspecified atom stereocenters. The largest absolute Gasteiger partial charge is 0.497 e. The first-order chi connectivity index (χ1) is 17.4. The zero-order valence-corrected chi connectivity index (χ0v) is 20.1. The Morgan fingerprint density at radius 3 is 2.58 bits per heavy atom. The smallest absolute Gasteiger partial charge is 0.306 e. The molecule has 0 aliphatic heterocycles. The Hall–Kier alpha value is -4.25. The number of hydrogen-bond acceptors (Lipinski definition) is 8. The van der Waals surface area contributed by atoms with Gasteiger partial charge in [-0.25, -0.2) is 22.8 Å². The fourth-order valence-electron chi connectivity index (χ4n) is 3.78. The molecule has 0 aliphatic rings. The minimum atomic E-state index is -3.43. The lowest BCUT2D eigenvalue weighted by Gasteiger charge is -2.09. The van der Waals surface area contributed by atoms with Crippen LogP contribution in [0.15, 0.2) is 82.6 Å². The third kappa shape index (κ3) is 4.78. The second-order valence-corrected chi connectivity index (χ2v) is 10.0. The van der Waals surface area contributed by atoms with E-state index in [1.807, 2.05) is 0 Å². The highest BCUT2D eigenvalue weighted by molar-refractivity contribution is 7.91. The fourth-order valence-corrected chi connectivity index (χ4v) is 5.09. The number of fused-ring (bicyclic) bond motifs is 1. The topological polar surface area (TPSA) is 112 Å². The molecule has 9 nitrogen and oxygen atoms in total. The van der Waals surface area contributed by atoms with E-state index in [-0.39, 0.29) is 16.5 Å². The Labute approximate surface area is 206 Å². The molecule has 0 aliphatic carbocycles. The van der Waals surface area contributed by atoms with Crippen molar-refractivity contribution in [3.05, 3.63) is 79.1 Å². The summed E-state index contributed by atoms with van der Waals surface area (Å²) >= 11 is 0. The van der Waals surface area contributed by atoms with Crippen LogP contribution in [-0.2, 0) is 9.84 Å². The lowest BCUT2D eigenvalue weighted by molar-refractivity contribution is 0.414. The molecule has 1 N–H and O–H groups in total. The van der Waals surface area contributed by atoms with E-state index in [1.54, 1.807) is 47.1 Å². The van der Waals surface area contributed by atoms with Crippen LogP contribution in [0, 0.1) is 5.82 Å². The summed E-state index contributed by atoms with van der Waals surface area (Å²) < 4.78 is 50.9. The maximum absolute atomic E-state index is 13.5. The number of anilines is 1. The highest BCUT2D eigenvalue weighted by atomic mass is 32.2. The van der Waals surface area contributed by atoms with Crippen LogP contribution in [0.1, 0.15) is 6.42 Å². The molecule has 0 saturated heterocycles. The van der Waals surface area contributed by atoms with Crippen LogP contribution in [-0.4, -0.2) is 47.2 Å². The predicted molar refractivity (Wildman–Crippen MR) is 132 cm³/mol. The number of hydrogen-bond donors (Lipinski definition) is 1. The lowest BCUT2D eigenvalue weighted by atomic mass is 10.1. The monoisotopic (exact) mass is 507 g/mol. The van der Waals surface area contributed by atoms with E-state index in [1.165, 1.54) is 37.6 Å². The summed E-state index contributed by atoms with van der Waals surface area (Å²) in [6.07, 6.45) is 5.21. The van der Waals surface area contributed by atoms with E-state index >= 15 is 0 Å². The number of halogens is 1. The normalized spacial score (nSPS) is 11.6. The molecular weight excluding hydrogens is 485 g/mol. The lowest BCUT2D eigenvalue weighted by Crippen LogP contribution is -2.13. The summed E-state index contributed by atoms with van der Waals surface area (Å²) in [6, 6.07) is 14.1. The number of rotatable bonds is 9. The van der Waals surface area contributed by atoms with Crippen molar-refractivity contribution in [2.45, 2.75) is 11.3 Å². The van der Waals surface area contributed by atoms with Gasteiger partial charge in [0.25, 0.3) is 0 Å². The van der Waals surface area contributed by atoms with Gasteiger partial charge in [-0.15, -0.1) is 0 Å². The van der Waals surface area contributed by atoms with E-state index in [2.05, 4.69) is 20.3 Å². The van der Waals surface area contributed by atoms with Gasteiger partial charge in [-0.1, -0.05) is 0 Å². The van der Waals surface area contributed by atoms with Crippen LogP contribution in [0.4, 0.5) is 10.3 Å². The molecule has 0 amide bonds. The average molecular weight is 508 g/mol. The minimum Gasteiger partial charge on any atom is -0.497 e. The molecule has 0 saturated carbocycles. The first kappa shape index (κ1) is 23.5. The number of oxazole rings is 1. The highest BCUT2D eigenvalue weighted by Gasteiger charge is 2.20. The van der Waals surface area contributed by atoms with Crippen molar-refractivity contribution in [3.63, 3.8) is 0 Å². The maximum Gasteiger partial charge on any atom is 0.306 e. The Balaban J connectivity index is 1.31. The van der Waals surface area contributed by atoms with Crippen molar-refractivity contribution < 1.29 is 22.0 Å². The SMILES string of the molecule is COc1ccc(S(=O)(=O)CCCNc2nccc(-c3c(-c4ccc(F)cc4)nc4occn34)n2)cc1. The van der Waals surface area contributed by atoms with Crippen molar-refractivity contribution >= 4 is 21.6 Å². The van der Waals surface area contributed by atoms with Crippen molar-refractivity contribution in [2.75, 3.05) is 24.7 Å². The number of nitrogens with zero attached hydrogens (tertiary/aromatic N) is 4. The molecule has 2 aromatic carbocycles. The molecule has 0 spiro atoms. The van der Waals surface area contributed by atoms with E-state index < -0.39 is 9.84 Å². The van der Waals surface area contributed by atoms with Gasteiger partial charge in [0, 0.05) is 24.5 Å². The zero-order chi connectivity index (χ0) is 25.1. The Bertz CT molecular complexity index is 1600. The van der Waals surface area contributed by atoms with Crippen molar-refractivity contribution in [2.24, 2.45) is 0 Å². The van der Waals surface area contributed by atoms with Gasteiger partial charge in [0.1, 0.15) is 29.2 Å². The molecular formula is C25H22FN5O4S. The quantitative estimate of drug-likeness (QED) is 0.291. The first-order valence-electron chi connectivity index (χ1n) is 11.1. The zero-order valence-electron chi connectivity index (χ0n) is 19.3. The first-order valence-corrected chi connectivity index (χ1v) is 12.8. The Morgan fingerprint density at radius 2 is 1.83 bits per heavy atom.